The van der Waals surface area contributed by atoms with Crippen LogP contribution in [0.25, 0.3) is 0 Å². The van der Waals surface area contributed by atoms with E-state index >= 15 is 0 Å². The SMILES string of the molecule is CC1OC(=O)C(C2CCO2)NC(=O)C(C)C(O)C(Cc2c(F)nc(F)c(F)c2F)NC(O)C1NC(=O)c1ncccc1O. The largest absolute Gasteiger partial charge is 0.505 e. The summed E-state index contributed by atoms with van der Waals surface area (Å²) in [5, 5.41) is 39.6. The lowest BCUT2D eigenvalue weighted by Crippen LogP contribution is -2.64. The second kappa shape index (κ2) is 13.2. The Morgan fingerprint density at radius 1 is 1.14 bits per heavy atom. The molecule has 6 N–H and O–H groups in total. The molecule has 0 radical (unpaired) electrons. The van der Waals surface area contributed by atoms with Crippen LogP contribution in [-0.2, 0) is 25.5 Å². The van der Waals surface area contributed by atoms with Crippen molar-refractivity contribution < 1.29 is 56.7 Å². The zero-order valence-electron chi connectivity index (χ0n) is 22.8. The molecule has 2 saturated heterocycles. The second-order valence-corrected chi connectivity index (χ2v) is 10.2. The summed E-state index contributed by atoms with van der Waals surface area (Å²) in [4.78, 5) is 45.6. The summed E-state index contributed by atoms with van der Waals surface area (Å²) in [5.41, 5.74) is -1.57. The van der Waals surface area contributed by atoms with Crippen molar-refractivity contribution in [1.82, 2.24) is 25.9 Å². The average Bonchev–Trinajstić information content (AvgIpc) is 2.93. The summed E-state index contributed by atoms with van der Waals surface area (Å²) in [7, 11) is 0. The standard InChI is InChI=1S/C26H29F4N5O8/c1-9-20(37)12(8-11-15(27)16(28)22(30)35-21(11)29)32-24(39)17(33-25(40)18-13(36)4-3-6-31-18)10(2)43-26(41)19(34-23(9)38)14-5-7-42-14/h3-4,6,9-10,12,14,17,19-20,24,32,36-37,39H,5,7-8H2,1-2H3,(H,33,40)(H,34,38). The van der Waals surface area contributed by atoms with E-state index < -0.39 is 113 Å². The van der Waals surface area contributed by atoms with Crippen molar-refractivity contribution in [1.29, 1.82) is 0 Å². The molecular weight excluding hydrogens is 586 g/mol. The first-order valence-corrected chi connectivity index (χ1v) is 13.2. The molecule has 43 heavy (non-hydrogen) atoms. The monoisotopic (exact) mass is 615 g/mol. The number of carbonyl (C=O) groups excluding carboxylic acids is 3. The normalized spacial score (nSPS) is 30.2. The molecule has 0 aromatic carbocycles. The van der Waals surface area contributed by atoms with Crippen LogP contribution in [0.3, 0.4) is 0 Å². The predicted octanol–water partition coefficient (Wildman–Crippen LogP) is -0.428. The van der Waals surface area contributed by atoms with Crippen LogP contribution in [0.5, 0.6) is 5.75 Å². The zero-order valence-corrected chi connectivity index (χ0v) is 22.8. The number of rotatable bonds is 5. The van der Waals surface area contributed by atoms with Gasteiger partial charge in [-0.2, -0.15) is 18.2 Å². The third kappa shape index (κ3) is 6.84. The molecule has 2 aliphatic heterocycles. The molecule has 13 nitrogen and oxygen atoms in total. The van der Waals surface area contributed by atoms with Gasteiger partial charge in [0.25, 0.3) is 11.9 Å². The highest BCUT2D eigenvalue weighted by molar-refractivity contribution is 5.95. The maximum Gasteiger partial charge on any atom is 0.331 e. The molecule has 2 fully saturated rings. The number of nitrogens with zero attached hydrogens (tertiary/aromatic N) is 2. The molecule has 0 aliphatic carbocycles. The van der Waals surface area contributed by atoms with Crippen LogP contribution in [-0.4, -0.2) is 92.3 Å². The molecule has 17 heteroatoms. The number of halogens is 4. The van der Waals surface area contributed by atoms with Crippen molar-refractivity contribution in [3.63, 3.8) is 0 Å². The molecule has 4 rings (SSSR count). The molecule has 0 saturated carbocycles. The van der Waals surface area contributed by atoms with Crippen molar-refractivity contribution in [3.05, 3.63) is 53.1 Å². The van der Waals surface area contributed by atoms with E-state index in [0.29, 0.717) is 6.42 Å². The molecule has 0 spiro atoms. The Balaban J connectivity index is 1.73. The highest BCUT2D eigenvalue weighted by Crippen LogP contribution is 2.24. The molecule has 2 aliphatic rings. The molecule has 234 valence electrons. The van der Waals surface area contributed by atoms with Gasteiger partial charge in [-0.05, 0) is 31.9 Å². The zero-order chi connectivity index (χ0) is 31.6. The molecule has 8 atom stereocenters. The van der Waals surface area contributed by atoms with E-state index in [2.05, 4.69) is 25.9 Å². The summed E-state index contributed by atoms with van der Waals surface area (Å²) < 4.78 is 67.3. The van der Waals surface area contributed by atoms with Crippen LogP contribution < -0.4 is 16.0 Å². The van der Waals surface area contributed by atoms with Crippen LogP contribution in [0.1, 0.15) is 36.3 Å². The number of esters is 1. The van der Waals surface area contributed by atoms with Crippen molar-refractivity contribution in [2.24, 2.45) is 5.92 Å². The van der Waals surface area contributed by atoms with E-state index in [-0.39, 0.29) is 6.61 Å². The van der Waals surface area contributed by atoms with Gasteiger partial charge in [0.15, 0.2) is 17.6 Å². The smallest absolute Gasteiger partial charge is 0.331 e. The second-order valence-electron chi connectivity index (χ2n) is 10.2. The molecular formula is C26H29F4N5O8. The van der Waals surface area contributed by atoms with E-state index in [1.165, 1.54) is 32.2 Å². The van der Waals surface area contributed by atoms with E-state index in [4.69, 9.17) is 9.47 Å². The summed E-state index contributed by atoms with van der Waals surface area (Å²) in [6.45, 7) is 2.76. The third-order valence-electron chi connectivity index (χ3n) is 7.34. The van der Waals surface area contributed by atoms with Gasteiger partial charge in [0, 0.05) is 24.4 Å². The molecule has 2 aromatic heterocycles. The van der Waals surface area contributed by atoms with E-state index in [0.717, 1.165) is 0 Å². The van der Waals surface area contributed by atoms with Gasteiger partial charge in [0.05, 0.1) is 18.1 Å². The fraction of sp³-hybridized carbons (Fsp3) is 0.500. The van der Waals surface area contributed by atoms with Gasteiger partial charge in [-0.3, -0.25) is 14.9 Å². The summed E-state index contributed by atoms with van der Waals surface area (Å²) in [6, 6.07) is -2.12. The van der Waals surface area contributed by atoms with Crippen LogP contribution in [0.4, 0.5) is 17.6 Å². The fourth-order valence-corrected chi connectivity index (χ4v) is 4.69. The fourth-order valence-electron chi connectivity index (χ4n) is 4.69. The number of hydrogen-bond donors (Lipinski definition) is 6. The van der Waals surface area contributed by atoms with Gasteiger partial charge in [0.2, 0.25) is 17.7 Å². The van der Waals surface area contributed by atoms with Gasteiger partial charge in [-0.15, -0.1) is 0 Å². The molecule has 0 bridgehead atoms. The Kier molecular flexibility index (Phi) is 9.79. The Hall–Kier alpha value is -3.93. The van der Waals surface area contributed by atoms with Gasteiger partial charge in [-0.25, -0.2) is 14.2 Å². The molecule has 2 amide bonds. The number of cyclic esters (lactones) is 1. The number of nitrogens with one attached hydrogen (secondary N) is 3. The van der Waals surface area contributed by atoms with Crippen LogP contribution in [0.15, 0.2) is 18.3 Å². The number of carbonyl (C=O) groups is 3. The predicted molar refractivity (Wildman–Crippen MR) is 135 cm³/mol. The van der Waals surface area contributed by atoms with Gasteiger partial charge in [-0.1, -0.05) is 6.92 Å². The van der Waals surface area contributed by atoms with Gasteiger partial charge >= 0.3 is 5.97 Å². The lowest BCUT2D eigenvalue weighted by molar-refractivity contribution is -0.167. The maximum absolute atomic E-state index is 14.6. The Morgan fingerprint density at radius 3 is 2.47 bits per heavy atom. The molecule has 2 aromatic rings. The Labute approximate surface area is 241 Å². The number of hydrogen-bond acceptors (Lipinski definition) is 11. The van der Waals surface area contributed by atoms with Crippen LogP contribution in [0, 0.1) is 29.4 Å². The van der Waals surface area contributed by atoms with E-state index in [9.17, 15) is 47.3 Å². The topological polar surface area (TPSA) is 192 Å². The minimum atomic E-state index is -2.09. The number of aromatic nitrogens is 2. The van der Waals surface area contributed by atoms with Crippen molar-refractivity contribution in [3.8, 4) is 5.75 Å². The molecule has 4 heterocycles. The first kappa shape index (κ1) is 32.0. The summed E-state index contributed by atoms with van der Waals surface area (Å²) >= 11 is 0. The number of pyridine rings is 2. The van der Waals surface area contributed by atoms with Crippen LogP contribution >= 0.6 is 0 Å². The number of ether oxygens (including phenoxy) is 2. The summed E-state index contributed by atoms with van der Waals surface area (Å²) in [5.74, 6) is -12.7. The summed E-state index contributed by atoms with van der Waals surface area (Å²) in [6.07, 6.45) is -5.48. The highest BCUT2D eigenvalue weighted by atomic mass is 19.2. The van der Waals surface area contributed by atoms with E-state index in [1.807, 2.05) is 0 Å². The van der Waals surface area contributed by atoms with Crippen molar-refractivity contribution in [2.45, 2.75) is 69.4 Å². The number of aliphatic hydroxyl groups is 2. The highest BCUT2D eigenvalue weighted by Gasteiger charge is 2.43. The Bertz CT molecular complexity index is 1380. The van der Waals surface area contributed by atoms with Gasteiger partial charge in [0.1, 0.15) is 24.1 Å². The average molecular weight is 616 g/mol. The molecule has 8 unspecified atom stereocenters. The quantitative estimate of drug-likeness (QED) is 0.145. The Morgan fingerprint density at radius 2 is 1.84 bits per heavy atom. The number of aromatic hydroxyl groups is 1. The minimum absolute atomic E-state index is 0.286. The maximum atomic E-state index is 14.6. The van der Waals surface area contributed by atoms with Gasteiger partial charge < -0.3 is 35.4 Å². The van der Waals surface area contributed by atoms with Crippen LogP contribution in [0.2, 0.25) is 0 Å². The first-order chi connectivity index (χ1) is 20.3. The first-order valence-electron chi connectivity index (χ1n) is 13.2. The minimum Gasteiger partial charge on any atom is -0.505 e. The van der Waals surface area contributed by atoms with E-state index in [1.54, 1.807) is 0 Å². The number of amides is 2. The third-order valence-corrected chi connectivity index (χ3v) is 7.34. The van der Waals surface area contributed by atoms with Crippen molar-refractivity contribution >= 4 is 17.8 Å². The lowest BCUT2D eigenvalue weighted by Gasteiger charge is -2.38. The lowest BCUT2D eigenvalue weighted by atomic mass is 9.91. The number of aliphatic hydroxyl groups excluding tert-OH is 2. The van der Waals surface area contributed by atoms with Crippen molar-refractivity contribution in [2.75, 3.05) is 6.61 Å².